The van der Waals surface area contributed by atoms with Crippen LogP contribution in [-0.4, -0.2) is 22.1 Å². The van der Waals surface area contributed by atoms with Gasteiger partial charge in [-0.2, -0.15) is 0 Å². The van der Waals surface area contributed by atoms with Crippen molar-refractivity contribution in [1.29, 1.82) is 0 Å². The van der Waals surface area contributed by atoms with Gasteiger partial charge in [-0.1, -0.05) is 30.3 Å². The largest absolute Gasteiger partial charge is 0.481 e. The molecule has 28 heavy (non-hydrogen) atoms. The van der Waals surface area contributed by atoms with Crippen molar-refractivity contribution in [3.8, 4) is 28.3 Å². The van der Waals surface area contributed by atoms with E-state index < -0.39 is 0 Å². The summed E-state index contributed by atoms with van der Waals surface area (Å²) in [6.07, 6.45) is 3.70. The second kappa shape index (κ2) is 6.74. The highest BCUT2D eigenvalue weighted by Gasteiger charge is 2.06. The Bertz CT molecular complexity index is 1300. The van der Waals surface area contributed by atoms with E-state index in [4.69, 9.17) is 9.72 Å². The molecule has 0 spiro atoms. The molecule has 0 unspecified atom stereocenters. The van der Waals surface area contributed by atoms with E-state index in [0.29, 0.717) is 5.88 Å². The number of ether oxygens (including phenoxy) is 1. The number of benzene rings is 2. The van der Waals surface area contributed by atoms with Gasteiger partial charge in [-0.25, -0.2) is 9.97 Å². The van der Waals surface area contributed by atoms with Crippen LogP contribution in [0, 0.1) is 0 Å². The Labute approximate surface area is 162 Å². The molecule has 0 aliphatic heterocycles. The summed E-state index contributed by atoms with van der Waals surface area (Å²) < 4.78 is 5.12. The molecule has 3 aromatic heterocycles. The lowest BCUT2D eigenvalue weighted by Crippen LogP contribution is -1.90. The van der Waals surface area contributed by atoms with Gasteiger partial charge in [0, 0.05) is 40.4 Å². The lowest BCUT2D eigenvalue weighted by Gasteiger charge is -2.07. The van der Waals surface area contributed by atoms with E-state index in [1.54, 1.807) is 13.3 Å². The Morgan fingerprint density at radius 1 is 0.643 bits per heavy atom. The van der Waals surface area contributed by atoms with Gasteiger partial charge in [-0.3, -0.25) is 4.98 Å². The summed E-state index contributed by atoms with van der Waals surface area (Å²) in [6.45, 7) is 0. The predicted octanol–water partition coefficient (Wildman–Crippen LogP) is 5.52. The van der Waals surface area contributed by atoms with E-state index >= 15 is 0 Å². The van der Waals surface area contributed by atoms with E-state index in [-0.39, 0.29) is 0 Å². The third-order valence-corrected chi connectivity index (χ3v) is 4.85. The highest BCUT2D eigenvalue weighted by Crippen LogP contribution is 2.27. The van der Waals surface area contributed by atoms with Crippen LogP contribution in [0.3, 0.4) is 0 Å². The van der Waals surface area contributed by atoms with Gasteiger partial charge < -0.3 is 4.74 Å². The predicted molar refractivity (Wildman–Crippen MR) is 112 cm³/mol. The topological polar surface area (TPSA) is 47.9 Å². The van der Waals surface area contributed by atoms with Crippen LogP contribution in [0.4, 0.5) is 0 Å². The molecule has 0 atom stereocenters. The number of rotatable bonds is 3. The third kappa shape index (κ3) is 2.95. The fourth-order valence-corrected chi connectivity index (χ4v) is 3.35. The molecule has 5 aromatic rings. The summed E-state index contributed by atoms with van der Waals surface area (Å²) in [5.41, 5.74) is 6.04. The first-order chi connectivity index (χ1) is 13.8. The minimum atomic E-state index is 0.596. The molecule has 0 amide bonds. The summed E-state index contributed by atoms with van der Waals surface area (Å²) >= 11 is 0. The zero-order chi connectivity index (χ0) is 18.9. The molecule has 0 saturated heterocycles. The van der Waals surface area contributed by atoms with Crippen LogP contribution < -0.4 is 4.74 Å². The van der Waals surface area contributed by atoms with Crippen LogP contribution in [0.25, 0.3) is 44.2 Å². The van der Waals surface area contributed by atoms with Crippen LogP contribution in [0.5, 0.6) is 5.88 Å². The molecule has 0 aliphatic rings. The minimum absolute atomic E-state index is 0.596. The van der Waals surface area contributed by atoms with Crippen molar-refractivity contribution in [1.82, 2.24) is 15.0 Å². The molecule has 0 fully saturated rings. The molecular formula is C24H17N3O. The maximum atomic E-state index is 5.12. The first kappa shape index (κ1) is 16.4. The third-order valence-electron chi connectivity index (χ3n) is 4.85. The Hall–Kier alpha value is -3.79. The van der Waals surface area contributed by atoms with E-state index in [2.05, 4.69) is 46.4 Å². The first-order valence-electron chi connectivity index (χ1n) is 9.06. The second-order valence-corrected chi connectivity index (χ2v) is 6.61. The monoisotopic (exact) mass is 363 g/mol. The Balaban J connectivity index is 1.53. The van der Waals surface area contributed by atoms with Gasteiger partial charge in [0.05, 0.1) is 23.8 Å². The summed E-state index contributed by atoms with van der Waals surface area (Å²) in [4.78, 5) is 13.6. The van der Waals surface area contributed by atoms with Crippen molar-refractivity contribution in [2.24, 2.45) is 0 Å². The zero-order valence-electron chi connectivity index (χ0n) is 15.3. The van der Waals surface area contributed by atoms with Crippen molar-refractivity contribution >= 4 is 21.8 Å². The van der Waals surface area contributed by atoms with Gasteiger partial charge in [0.2, 0.25) is 5.88 Å². The van der Waals surface area contributed by atoms with E-state index in [0.717, 1.165) is 44.2 Å². The van der Waals surface area contributed by atoms with Crippen molar-refractivity contribution in [2.75, 3.05) is 7.11 Å². The number of nitrogens with zero attached hydrogens (tertiary/aromatic N) is 3. The maximum Gasteiger partial charge on any atom is 0.212 e. The quantitative estimate of drug-likeness (QED) is 0.423. The van der Waals surface area contributed by atoms with Gasteiger partial charge in [-0.05, 0) is 42.0 Å². The summed E-state index contributed by atoms with van der Waals surface area (Å²) in [5, 5.41) is 2.23. The normalized spacial score (nSPS) is 11.0. The van der Waals surface area contributed by atoms with Gasteiger partial charge in [0.15, 0.2) is 0 Å². The molecule has 4 nitrogen and oxygen atoms in total. The van der Waals surface area contributed by atoms with Gasteiger partial charge in [-0.15, -0.1) is 0 Å². The van der Waals surface area contributed by atoms with Gasteiger partial charge in [0.1, 0.15) is 0 Å². The molecule has 0 radical (unpaired) electrons. The number of aromatic nitrogens is 3. The van der Waals surface area contributed by atoms with Crippen LogP contribution in [-0.2, 0) is 0 Å². The molecule has 4 heteroatoms. The van der Waals surface area contributed by atoms with Crippen LogP contribution in [0.1, 0.15) is 0 Å². The summed E-state index contributed by atoms with van der Waals surface area (Å²) in [5.74, 6) is 0.596. The Morgan fingerprint density at radius 2 is 1.43 bits per heavy atom. The molecule has 3 heterocycles. The number of methoxy groups -OCH3 is 1. The Kier molecular flexibility index (Phi) is 3.95. The lowest BCUT2D eigenvalue weighted by molar-refractivity contribution is 0.398. The maximum absolute atomic E-state index is 5.12. The van der Waals surface area contributed by atoms with Crippen molar-refractivity contribution < 1.29 is 4.74 Å². The molecular weight excluding hydrogens is 346 g/mol. The number of hydrogen-bond acceptors (Lipinski definition) is 4. The van der Waals surface area contributed by atoms with Crippen molar-refractivity contribution in [3.63, 3.8) is 0 Å². The van der Waals surface area contributed by atoms with Gasteiger partial charge >= 0.3 is 0 Å². The van der Waals surface area contributed by atoms with Crippen molar-refractivity contribution in [2.45, 2.75) is 0 Å². The second-order valence-electron chi connectivity index (χ2n) is 6.61. The molecule has 0 N–H and O–H groups in total. The standard InChI is InChI=1S/C24H17N3O/c1-28-24-11-8-19(14-26-24)23-10-7-18-12-16(6-9-22(18)27-23)20-13-17-4-2-3-5-21(17)25-15-20/h2-15H,1H3. The van der Waals surface area contributed by atoms with Crippen LogP contribution in [0.15, 0.2) is 85.2 Å². The number of pyridine rings is 3. The smallest absolute Gasteiger partial charge is 0.212 e. The van der Waals surface area contributed by atoms with E-state index in [1.807, 2.05) is 42.6 Å². The minimum Gasteiger partial charge on any atom is -0.481 e. The van der Waals surface area contributed by atoms with Crippen LogP contribution >= 0.6 is 0 Å². The average molecular weight is 363 g/mol. The van der Waals surface area contributed by atoms with E-state index in [1.165, 1.54) is 0 Å². The SMILES string of the molecule is COc1ccc(-c2ccc3cc(-c4cnc5ccccc5c4)ccc3n2)cn1. The van der Waals surface area contributed by atoms with Crippen molar-refractivity contribution in [3.05, 3.63) is 85.2 Å². The van der Waals surface area contributed by atoms with Crippen LogP contribution in [0.2, 0.25) is 0 Å². The Morgan fingerprint density at radius 3 is 2.29 bits per heavy atom. The molecule has 134 valence electrons. The fourth-order valence-electron chi connectivity index (χ4n) is 3.35. The highest BCUT2D eigenvalue weighted by molar-refractivity contribution is 5.89. The van der Waals surface area contributed by atoms with Gasteiger partial charge in [0.25, 0.3) is 0 Å². The molecule has 5 rings (SSSR count). The summed E-state index contributed by atoms with van der Waals surface area (Å²) in [7, 11) is 1.61. The summed E-state index contributed by atoms with van der Waals surface area (Å²) in [6, 6.07) is 24.6. The number of fused-ring (bicyclic) bond motifs is 2. The molecule has 0 saturated carbocycles. The molecule has 2 aromatic carbocycles. The highest BCUT2D eigenvalue weighted by atomic mass is 16.5. The van der Waals surface area contributed by atoms with E-state index in [9.17, 15) is 0 Å². The molecule has 0 aliphatic carbocycles. The molecule has 0 bridgehead atoms. The number of para-hydroxylation sites is 1. The first-order valence-corrected chi connectivity index (χ1v) is 9.06. The fraction of sp³-hybridized carbons (Fsp3) is 0.0417. The zero-order valence-corrected chi connectivity index (χ0v) is 15.3. The lowest BCUT2D eigenvalue weighted by atomic mass is 10.0. The average Bonchev–Trinajstić information content (AvgIpc) is 2.78. The number of hydrogen-bond donors (Lipinski definition) is 0.